The highest BCUT2D eigenvalue weighted by Gasteiger charge is 2.83. The van der Waals surface area contributed by atoms with Crippen molar-refractivity contribution in [2.75, 3.05) is 0 Å². The van der Waals surface area contributed by atoms with E-state index in [-0.39, 0.29) is 5.41 Å². The van der Waals surface area contributed by atoms with E-state index in [0.717, 1.165) is 5.71 Å². The summed E-state index contributed by atoms with van der Waals surface area (Å²) in [7, 11) is 0. The molecule has 3 rings (SSSR count). The van der Waals surface area contributed by atoms with Crippen molar-refractivity contribution in [3.05, 3.63) is 0 Å². The summed E-state index contributed by atoms with van der Waals surface area (Å²) in [6.07, 6.45) is 6.48. The second-order valence-electron chi connectivity index (χ2n) is 5.60. The molecule has 3 aliphatic rings. The zero-order chi connectivity index (χ0) is 9.32. The number of hydrogen-bond acceptors (Lipinski definition) is 2. The van der Waals surface area contributed by atoms with E-state index in [0.29, 0.717) is 10.8 Å². The summed E-state index contributed by atoms with van der Waals surface area (Å²) in [6.45, 7) is 4.67. The fourth-order valence-corrected chi connectivity index (χ4v) is 4.48. The molecule has 3 unspecified atom stereocenters. The monoisotopic (exact) mass is 179 g/mol. The fraction of sp³-hybridized carbons (Fsp3) is 0.909. The lowest BCUT2D eigenvalue weighted by molar-refractivity contribution is -0.0385. The zero-order valence-electron chi connectivity index (χ0n) is 8.43. The van der Waals surface area contributed by atoms with Gasteiger partial charge in [0.1, 0.15) is 0 Å². The van der Waals surface area contributed by atoms with Gasteiger partial charge in [-0.2, -0.15) is 0 Å². The maximum Gasteiger partial charge on any atom is 0.0715 e. The van der Waals surface area contributed by atoms with Gasteiger partial charge in [0, 0.05) is 10.8 Å². The second-order valence-corrected chi connectivity index (χ2v) is 5.60. The highest BCUT2D eigenvalue weighted by molar-refractivity contribution is 6.13. The first-order valence-electron chi connectivity index (χ1n) is 5.34. The zero-order valence-corrected chi connectivity index (χ0v) is 8.43. The van der Waals surface area contributed by atoms with E-state index in [1.165, 1.54) is 32.1 Å². The lowest BCUT2D eigenvalue weighted by Gasteiger charge is -2.53. The van der Waals surface area contributed by atoms with Gasteiger partial charge in [-0.15, -0.1) is 0 Å². The molecule has 0 amide bonds. The molecule has 0 bridgehead atoms. The molecule has 3 aliphatic carbocycles. The van der Waals surface area contributed by atoms with E-state index in [9.17, 15) is 0 Å². The van der Waals surface area contributed by atoms with Crippen LogP contribution in [-0.2, 0) is 0 Å². The van der Waals surface area contributed by atoms with E-state index in [1.54, 1.807) is 0 Å². The quantitative estimate of drug-likeness (QED) is 0.450. The number of oxime groups is 1. The Morgan fingerprint density at radius 3 is 2.38 bits per heavy atom. The lowest BCUT2D eigenvalue weighted by Crippen LogP contribution is -2.45. The summed E-state index contributed by atoms with van der Waals surface area (Å²) in [4.78, 5) is 0. The third-order valence-corrected chi connectivity index (χ3v) is 5.39. The summed E-state index contributed by atoms with van der Waals surface area (Å²) < 4.78 is 0. The molecule has 0 aromatic carbocycles. The SMILES string of the molecule is CC12CCCC3(C)/C(=N\O)C13CC2. The van der Waals surface area contributed by atoms with E-state index in [2.05, 4.69) is 19.0 Å². The van der Waals surface area contributed by atoms with Gasteiger partial charge in [0.05, 0.1) is 5.71 Å². The van der Waals surface area contributed by atoms with Gasteiger partial charge in [0.15, 0.2) is 0 Å². The van der Waals surface area contributed by atoms with Gasteiger partial charge >= 0.3 is 0 Å². The lowest BCUT2D eigenvalue weighted by atomic mass is 9.50. The first-order chi connectivity index (χ1) is 6.11. The Morgan fingerprint density at radius 2 is 1.92 bits per heavy atom. The van der Waals surface area contributed by atoms with Gasteiger partial charge in [-0.25, -0.2) is 0 Å². The summed E-state index contributed by atoms with van der Waals surface area (Å²) in [6, 6.07) is 0. The summed E-state index contributed by atoms with van der Waals surface area (Å²) in [5.74, 6) is 0. The van der Waals surface area contributed by atoms with Crippen molar-refractivity contribution in [2.45, 2.75) is 46.0 Å². The van der Waals surface area contributed by atoms with E-state index in [4.69, 9.17) is 5.21 Å². The summed E-state index contributed by atoms with van der Waals surface area (Å²) >= 11 is 0. The predicted molar refractivity (Wildman–Crippen MR) is 51.0 cm³/mol. The number of nitrogens with zero attached hydrogens (tertiary/aromatic N) is 1. The molecule has 2 nitrogen and oxygen atoms in total. The van der Waals surface area contributed by atoms with Crippen LogP contribution in [0.2, 0.25) is 0 Å². The van der Waals surface area contributed by atoms with Crippen LogP contribution in [0.15, 0.2) is 5.16 Å². The maximum absolute atomic E-state index is 9.02. The molecular formula is C11H17NO. The van der Waals surface area contributed by atoms with Crippen LogP contribution in [0.4, 0.5) is 0 Å². The van der Waals surface area contributed by atoms with Crippen molar-refractivity contribution in [1.29, 1.82) is 0 Å². The molecule has 13 heavy (non-hydrogen) atoms. The highest BCUT2D eigenvalue weighted by Crippen LogP contribution is 2.83. The van der Waals surface area contributed by atoms with Crippen molar-refractivity contribution in [2.24, 2.45) is 21.4 Å². The van der Waals surface area contributed by atoms with Crippen LogP contribution in [0.5, 0.6) is 0 Å². The topological polar surface area (TPSA) is 32.6 Å². The number of rotatable bonds is 0. The van der Waals surface area contributed by atoms with Crippen molar-refractivity contribution < 1.29 is 5.21 Å². The van der Waals surface area contributed by atoms with Crippen molar-refractivity contribution in [3.63, 3.8) is 0 Å². The molecule has 1 spiro atoms. The Morgan fingerprint density at radius 1 is 1.15 bits per heavy atom. The van der Waals surface area contributed by atoms with Gasteiger partial charge in [0.2, 0.25) is 0 Å². The van der Waals surface area contributed by atoms with Crippen LogP contribution in [-0.4, -0.2) is 10.9 Å². The second kappa shape index (κ2) is 1.79. The molecular weight excluding hydrogens is 162 g/mol. The van der Waals surface area contributed by atoms with Gasteiger partial charge in [-0.1, -0.05) is 25.4 Å². The minimum absolute atomic E-state index is 0.271. The Balaban J connectivity index is 2.10. The average Bonchev–Trinajstić information content (AvgIpc) is 2.65. The summed E-state index contributed by atoms with van der Waals surface area (Å²) in [5.41, 5.74) is 2.19. The Bertz CT molecular complexity index is 311. The predicted octanol–water partition coefficient (Wildman–Crippen LogP) is 2.81. The molecule has 0 saturated heterocycles. The van der Waals surface area contributed by atoms with Crippen molar-refractivity contribution >= 4 is 5.71 Å². The Labute approximate surface area is 79.0 Å². The van der Waals surface area contributed by atoms with E-state index >= 15 is 0 Å². The van der Waals surface area contributed by atoms with Crippen LogP contribution in [0.25, 0.3) is 0 Å². The highest BCUT2D eigenvalue weighted by atomic mass is 16.4. The van der Waals surface area contributed by atoms with Crippen molar-refractivity contribution in [3.8, 4) is 0 Å². The van der Waals surface area contributed by atoms with Crippen LogP contribution < -0.4 is 0 Å². The maximum atomic E-state index is 9.02. The molecule has 1 N–H and O–H groups in total. The largest absolute Gasteiger partial charge is 0.411 e. The fourth-order valence-electron chi connectivity index (χ4n) is 4.48. The molecule has 3 fully saturated rings. The minimum Gasteiger partial charge on any atom is -0.411 e. The third-order valence-electron chi connectivity index (χ3n) is 5.39. The molecule has 0 heterocycles. The van der Waals surface area contributed by atoms with E-state index < -0.39 is 0 Å². The smallest absolute Gasteiger partial charge is 0.0715 e. The molecule has 72 valence electrons. The van der Waals surface area contributed by atoms with Gasteiger partial charge in [-0.3, -0.25) is 0 Å². The molecule has 2 heteroatoms. The Kier molecular flexibility index (Phi) is 1.08. The van der Waals surface area contributed by atoms with Crippen molar-refractivity contribution in [1.82, 2.24) is 0 Å². The molecule has 0 aliphatic heterocycles. The van der Waals surface area contributed by atoms with Crippen LogP contribution in [0.1, 0.15) is 46.0 Å². The van der Waals surface area contributed by atoms with Crippen LogP contribution in [0, 0.1) is 16.2 Å². The third kappa shape index (κ3) is 0.520. The molecule has 0 aromatic heterocycles. The standard InChI is InChI=1S/C11H17NO/c1-9-4-3-5-10(2)8(12-13)11(9,10)7-6-9/h13H,3-7H2,1-2H3/b12-8+. The Hall–Kier alpha value is -0.530. The van der Waals surface area contributed by atoms with E-state index in [1.807, 2.05) is 0 Å². The average molecular weight is 179 g/mol. The summed E-state index contributed by atoms with van der Waals surface area (Å²) in [5, 5.41) is 12.6. The van der Waals surface area contributed by atoms with Gasteiger partial charge in [-0.05, 0) is 31.1 Å². The van der Waals surface area contributed by atoms with Crippen LogP contribution in [0.3, 0.4) is 0 Å². The minimum atomic E-state index is 0.271. The first kappa shape index (κ1) is 7.84. The first-order valence-corrected chi connectivity index (χ1v) is 5.34. The van der Waals surface area contributed by atoms with Gasteiger partial charge in [0.25, 0.3) is 0 Å². The van der Waals surface area contributed by atoms with Gasteiger partial charge < -0.3 is 5.21 Å². The van der Waals surface area contributed by atoms with Crippen LogP contribution >= 0.6 is 0 Å². The molecule has 0 aromatic rings. The molecule has 3 saturated carbocycles. The normalized spacial score (nSPS) is 60.9. The number of hydrogen-bond donors (Lipinski definition) is 1. The molecule has 3 atom stereocenters. The molecule has 0 radical (unpaired) electrons.